The van der Waals surface area contributed by atoms with Gasteiger partial charge in [0, 0.05) is 18.0 Å². The van der Waals surface area contributed by atoms with Crippen molar-refractivity contribution in [3.8, 4) is 0 Å². The zero-order valence-electron chi connectivity index (χ0n) is 10.5. The highest BCUT2D eigenvalue weighted by molar-refractivity contribution is 7.07. The Kier molecular flexibility index (Phi) is 3.92. The predicted molar refractivity (Wildman–Crippen MR) is 73.3 cm³/mol. The van der Waals surface area contributed by atoms with Crippen molar-refractivity contribution in [2.45, 2.75) is 33.4 Å². The van der Waals surface area contributed by atoms with E-state index in [1.165, 1.54) is 16.7 Å². The van der Waals surface area contributed by atoms with Crippen LogP contribution in [0.5, 0.6) is 0 Å². The maximum atomic E-state index is 4.28. The summed E-state index contributed by atoms with van der Waals surface area (Å²) in [4.78, 5) is 4.28. The second kappa shape index (κ2) is 5.43. The average molecular weight is 246 g/mol. The van der Waals surface area contributed by atoms with Crippen molar-refractivity contribution >= 4 is 11.3 Å². The van der Waals surface area contributed by atoms with Crippen LogP contribution in [0.15, 0.2) is 29.1 Å². The van der Waals surface area contributed by atoms with Gasteiger partial charge in [0.2, 0.25) is 0 Å². The summed E-state index contributed by atoms with van der Waals surface area (Å²) >= 11 is 1.64. The van der Waals surface area contributed by atoms with Gasteiger partial charge in [0.15, 0.2) is 0 Å². The van der Waals surface area contributed by atoms with Crippen molar-refractivity contribution in [3.63, 3.8) is 0 Å². The van der Waals surface area contributed by atoms with Gasteiger partial charge in [-0.25, -0.2) is 4.98 Å². The standard InChI is InChI=1S/C14H18N2S/c1-10-4-5-11(2)14(6-10)12(3)15-7-13-8-17-9-16-13/h4-6,8-9,12,15H,7H2,1-3H3. The number of aromatic nitrogens is 1. The molecule has 1 N–H and O–H groups in total. The Morgan fingerprint density at radius 3 is 2.88 bits per heavy atom. The lowest BCUT2D eigenvalue weighted by atomic mass is 10.00. The first-order chi connectivity index (χ1) is 8.16. The fourth-order valence-corrected chi connectivity index (χ4v) is 2.48. The summed E-state index contributed by atoms with van der Waals surface area (Å²) in [5, 5.41) is 5.60. The minimum atomic E-state index is 0.358. The number of benzene rings is 1. The summed E-state index contributed by atoms with van der Waals surface area (Å²) in [6.45, 7) is 7.33. The molecule has 0 saturated heterocycles. The predicted octanol–water partition coefficient (Wildman–Crippen LogP) is 3.61. The molecule has 2 rings (SSSR count). The largest absolute Gasteiger partial charge is 0.305 e. The maximum Gasteiger partial charge on any atom is 0.0795 e. The van der Waals surface area contributed by atoms with Crippen molar-refractivity contribution in [1.82, 2.24) is 10.3 Å². The van der Waals surface area contributed by atoms with Crippen molar-refractivity contribution in [3.05, 3.63) is 51.5 Å². The molecule has 0 amide bonds. The topological polar surface area (TPSA) is 24.9 Å². The van der Waals surface area contributed by atoms with Crippen LogP contribution in [0.3, 0.4) is 0 Å². The Morgan fingerprint density at radius 1 is 1.35 bits per heavy atom. The Labute approximate surface area is 107 Å². The van der Waals surface area contributed by atoms with Crippen LogP contribution in [0.25, 0.3) is 0 Å². The summed E-state index contributed by atoms with van der Waals surface area (Å²) in [5.41, 5.74) is 7.02. The Balaban J connectivity index is 2.04. The fraction of sp³-hybridized carbons (Fsp3) is 0.357. The number of aryl methyl sites for hydroxylation is 2. The van der Waals surface area contributed by atoms with E-state index in [0.717, 1.165) is 12.2 Å². The van der Waals surface area contributed by atoms with Crippen molar-refractivity contribution < 1.29 is 0 Å². The molecule has 1 unspecified atom stereocenters. The second-order valence-electron chi connectivity index (χ2n) is 4.44. The average Bonchev–Trinajstić information content (AvgIpc) is 2.82. The number of thiazole rings is 1. The quantitative estimate of drug-likeness (QED) is 0.891. The molecule has 1 heterocycles. The lowest BCUT2D eigenvalue weighted by Gasteiger charge is -2.16. The number of hydrogen-bond donors (Lipinski definition) is 1. The van der Waals surface area contributed by atoms with E-state index in [-0.39, 0.29) is 0 Å². The van der Waals surface area contributed by atoms with Crippen molar-refractivity contribution in [2.24, 2.45) is 0 Å². The number of hydrogen-bond acceptors (Lipinski definition) is 3. The maximum absolute atomic E-state index is 4.28. The summed E-state index contributed by atoms with van der Waals surface area (Å²) < 4.78 is 0. The number of nitrogens with one attached hydrogen (secondary N) is 1. The van der Waals surface area contributed by atoms with E-state index < -0.39 is 0 Å². The van der Waals surface area contributed by atoms with Gasteiger partial charge in [0.1, 0.15) is 0 Å². The molecule has 0 aliphatic heterocycles. The first-order valence-corrected chi connectivity index (χ1v) is 6.78. The molecule has 0 radical (unpaired) electrons. The highest BCUT2D eigenvalue weighted by Gasteiger charge is 2.08. The van der Waals surface area contributed by atoms with E-state index >= 15 is 0 Å². The van der Waals surface area contributed by atoms with Crippen LogP contribution >= 0.6 is 11.3 Å². The normalized spacial score (nSPS) is 12.6. The van der Waals surface area contributed by atoms with Crippen molar-refractivity contribution in [1.29, 1.82) is 0 Å². The third-order valence-corrected chi connectivity index (χ3v) is 3.61. The molecule has 90 valence electrons. The SMILES string of the molecule is Cc1ccc(C)c(C(C)NCc2cscn2)c1. The van der Waals surface area contributed by atoms with Crippen LogP contribution in [0.2, 0.25) is 0 Å². The van der Waals surface area contributed by atoms with Gasteiger partial charge >= 0.3 is 0 Å². The van der Waals surface area contributed by atoms with Gasteiger partial charge in [-0.2, -0.15) is 0 Å². The van der Waals surface area contributed by atoms with Gasteiger partial charge in [-0.1, -0.05) is 23.8 Å². The Morgan fingerprint density at radius 2 is 2.18 bits per heavy atom. The molecular formula is C14H18N2S. The fourth-order valence-electron chi connectivity index (χ4n) is 1.92. The third-order valence-electron chi connectivity index (χ3n) is 2.97. The van der Waals surface area contributed by atoms with Crippen LogP contribution in [0.4, 0.5) is 0 Å². The van der Waals surface area contributed by atoms with E-state index in [4.69, 9.17) is 0 Å². The minimum Gasteiger partial charge on any atom is -0.305 e. The van der Waals surface area contributed by atoms with Gasteiger partial charge in [0.25, 0.3) is 0 Å². The van der Waals surface area contributed by atoms with Crippen LogP contribution in [-0.4, -0.2) is 4.98 Å². The molecule has 17 heavy (non-hydrogen) atoms. The van der Waals surface area contributed by atoms with E-state index in [1.54, 1.807) is 11.3 Å². The zero-order valence-corrected chi connectivity index (χ0v) is 11.3. The number of rotatable bonds is 4. The molecule has 2 aromatic rings. The summed E-state index contributed by atoms with van der Waals surface area (Å²) in [6.07, 6.45) is 0. The zero-order chi connectivity index (χ0) is 12.3. The molecule has 1 aromatic carbocycles. The first kappa shape index (κ1) is 12.3. The molecule has 2 nitrogen and oxygen atoms in total. The molecule has 3 heteroatoms. The highest BCUT2D eigenvalue weighted by atomic mass is 32.1. The minimum absolute atomic E-state index is 0.358. The molecule has 0 aliphatic rings. The molecule has 0 spiro atoms. The molecule has 0 bridgehead atoms. The molecular weight excluding hydrogens is 228 g/mol. The molecule has 0 fully saturated rings. The molecule has 0 aliphatic carbocycles. The van der Waals surface area contributed by atoms with Gasteiger partial charge < -0.3 is 5.32 Å². The van der Waals surface area contributed by atoms with E-state index in [1.807, 2.05) is 5.51 Å². The van der Waals surface area contributed by atoms with E-state index in [9.17, 15) is 0 Å². The Bertz CT molecular complexity index is 477. The summed E-state index contributed by atoms with van der Waals surface area (Å²) in [5.74, 6) is 0. The number of nitrogens with zero attached hydrogens (tertiary/aromatic N) is 1. The van der Waals surface area contributed by atoms with Gasteiger partial charge in [-0.05, 0) is 31.9 Å². The van der Waals surface area contributed by atoms with Crippen LogP contribution in [0, 0.1) is 13.8 Å². The summed E-state index contributed by atoms with van der Waals surface area (Å²) in [6, 6.07) is 6.96. The van der Waals surface area contributed by atoms with Crippen LogP contribution in [-0.2, 0) is 6.54 Å². The molecule has 1 atom stereocenters. The van der Waals surface area contributed by atoms with Crippen molar-refractivity contribution in [2.75, 3.05) is 0 Å². The summed E-state index contributed by atoms with van der Waals surface area (Å²) in [7, 11) is 0. The van der Waals surface area contributed by atoms with E-state index in [2.05, 4.69) is 54.7 Å². The smallest absolute Gasteiger partial charge is 0.0795 e. The Hall–Kier alpha value is -1.19. The van der Waals surface area contributed by atoms with E-state index in [0.29, 0.717) is 6.04 Å². The second-order valence-corrected chi connectivity index (χ2v) is 5.16. The lowest BCUT2D eigenvalue weighted by Crippen LogP contribution is -2.19. The van der Waals surface area contributed by atoms with Gasteiger partial charge in [0.05, 0.1) is 11.2 Å². The van der Waals surface area contributed by atoms with Gasteiger partial charge in [-0.3, -0.25) is 0 Å². The monoisotopic (exact) mass is 246 g/mol. The third kappa shape index (κ3) is 3.14. The van der Waals surface area contributed by atoms with Gasteiger partial charge in [-0.15, -0.1) is 11.3 Å². The van der Waals surface area contributed by atoms with Crippen LogP contribution in [0.1, 0.15) is 35.3 Å². The van der Waals surface area contributed by atoms with Crippen LogP contribution < -0.4 is 5.32 Å². The lowest BCUT2D eigenvalue weighted by molar-refractivity contribution is 0.566. The molecule has 0 saturated carbocycles. The highest BCUT2D eigenvalue weighted by Crippen LogP contribution is 2.19. The first-order valence-electron chi connectivity index (χ1n) is 5.84. The molecule has 1 aromatic heterocycles.